The number of hydrogen-bond donors (Lipinski definition) is 3. The first-order valence-electron chi connectivity index (χ1n) is 9.76. The summed E-state index contributed by atoms with van der Waals surface area (Å²) >= 11 is 8.46. The van der Waals surface area contributed by atoms with E-state index in [1.165, 1.54) is 0 Å². The van der Waals surface area contributed by atoms with Gasteiger partial charge < -0.3 is 9.47 Å². The van der Waals surface area contributed by atoms with Crippen molar-refractivity contribution in [2.75, 3.05) is 13.2 Å². The van der Waals surface area contributed by atoms with Gasteiger partial charge in [0.05, 0.1) is 11.1 Å². The molecule has 2 aromatic carbocycles. The second-order valence-corrected chi connectivity index (χ2v) is 8.50. The van der Waals surface area contributed by atoms with E-state index in [4.69, 9.17) is 21.7 Å². The Morgan fingerprint density at radius 3 is 2.42 bits per heavy atom. The lowest BCUT2D eigenvalue weighted by Gasteiger charge is -2.13. The van der Waals surface area contributed by atoms with E-state index in [-0.39, 0.29) is 11.7 Å². The minimum absolute atomic E-state index is 0.0398. The molecule has 0 aliphatic carbocycles. The standard InChI is InChI=1S/C22H26BrN3O4S/c1-14(2)10-11-29-19-9-6-16(12-18(19)23)21(28)24-22(31)26-25-20(27)13-30-17-7-4-15(3)5-8-17/h4-9,12,14H,10-11,13H2,1-3H3,(H,25,27)(H2,24,26,28,31). The topological polar surface area (TPSA) is 88.7 Å². The molecule has 2 aromatic rings. The minimum Gasteiger partial charge on any atom is -0.492 e. The summed E-state index contributed by atoms with van der Waals surface area (Å²) in [6.45, 7) is 6.62. The molecule has 0 fully saturated rings. The van der Waals surface area contributed by atoms with Crippen LogP contribution in [0.15, 0.2) is 46.9 Å². The van der Waals surface area contributed by atoms with Crippen LogP contribution in [0.5, 0.6) is 11.5 Å². The number of carbonyl (C=O) groups excluding carboxylic acids is 2. The van der Waals surface area contributed by atoms with Crippen molar-refractivity contribution in [2.24, 2.45) is 5.92 Å². The predicted molar refractivity (Wildman–Crippen MR) is 127 cm³/mol. The number of carbonyl (C=O) groups is 2. The Bertz CT molecular complexity index is 919. The summed E-state index contributed by atoms with van der Waals surface area (Å²) in [5.41, 5.74) is 6.34. The molecule has 0 aliphatic rings. The Balaban J connectivity index is 1.75. The third-order valence-corrected chi connectivity index (χ3v) is 4.90. The molecule has 0 aliphatic heterocycles. The van der Waals surface area contributed by atoms with Crippen molar-refractivity contribution in [3.8, 4) is 11.5 Å². The van der Waals surface area contributed by atoms with E-state index in [9.17, 15) is 9.59 Å². The molecular weight excluding hydrogens is 482 g/mol. The van der Waals surface area contributed by atoms with E-state index in [1.807, 2.05) is 19.1 Å². The normalized spacial score (nSPS) is 10.4. The first-order chi connectivity index (χ1) is 14.7. The number of halogens is 1. The molecule has 0 bridgehead atoms. The first-order valence-corrected chi connectivity index (χ1v) is 11.0. The molecule has 9 heteroatoms. The molecule has 0 saturated heterocycles. The van der Waals surface area contributed by atoms with Crippen LogP contribution in [0.3, 0.4) is 0 Å². The van der Waals surface area contributed by atoms with Crippen molar-refractivity contribution in [1.82, 2.24) is 16.2 Å². The van der Waals surface area contributed by atoms with Gasteiger partial charge in [0.1, 0.15) is 11.5 Å². The Labute approximate surface area is 196 Å². The van der Waals surface area contributed by atoms with Crippen LogP contribution in [0, 0.1) is 12.8 Å². The van der Waals surface area contributed by atoms with Gasteiger partial charge >= 0.3 is 0 Å². The maximum absolute atomic E-state index is 12.4. The largest absolute Gasteiger partial charge is 0.492 e. The molecule has 0 aromatic heterocycles. The highest BCUT2D eigenvalue weighted by Crippen LogP contribution is 2.26. The highest BCUT2D eigenvalue weighted by Gasteiger charge is 2.12. The van der Waals surface area contributed by atoms with E-state index in [0.717, 1.165) is 12.0 Å². The minimum atomic E-state index is -0.442. The van der Waals surface area contributed by atoms with Crippen LogP contribution in [-0.4, -0.2) is 30.1 Å². The average molecular weight is 508 g/mol. The van der Waals surface area contributed by atoms with E-state index < -0.39 is 11.8 Å². The first kappa shape index (κ1) is 24.6. The number of nitrogens with one attached hydrogen (secondary N) is 3. The monoisotopic (exact) mass is 507 g/mol. The smallest absolute Gasteiger partial charge is 0.276 e. The molecule has 166 valence electrons. The molecule has 3 N–H and O–H groups in total. The van der Waals surface area contributed by atoms with Gasteiger partial charge in [0.25, 0.3) is 11.8 Å². The highest BCUT2D eigenvalue weighted by atomic mass is 79.9. The van der Waals surface area contributed by atoms with Gasteiger partial charge in [-0.25, -0.2) is 0 Å². The number of amides is 2. The lowest BCUT2D eigenvalue weighted by molar-refractivity contribution is -0.123. The summed E-state index contributed by atoms with van der Waals surface area (Å²) in [6, 6.07) is 12.3. The van der Waals surface area contributed by atoms with Gasteiger partial charge in [0, 0.05) is 5.56 Å². The quantitative estimate of drug-likeness (QED) is 0.371. The van der Waals surface area contributed by atoms with E-state index in [1.54, 1.807) is 30.3 Å². The van der Waals surface area contributed by atoms with Crippen LogP contribution in [0.1, 0.15) is 36.2 Å². The Hall–Kier alpha value is -2.65. The molecule has 0 unspecified atom stereocenters. The van der Waals surface area contributed by atoms with Crippen LogP contribution >= 0.6 is 28.1 Å². The number of ether oxygens (including phenoxy) is 2. The second-order valence-electron chi connectivity index (χ2n) is 7.23. The Morgan fingerprint density at radius 1 is 1.06 bits per heavy atom. The van der Waals surface area contributed by atoms with Gasteiger partial charge in [-0.1, -0.05) is 31.5 Å². The lowest BCUT2D eigenvalue weighted by Crippen LogP contribution is -2.49. The zero-order chi connectivity index (χ0) is 22.8. The fourth-order valence-corrected chi connectivity index (χ4v) is 2.95. The predicted octanol–water partition coefficient (Wildman–Crippen LogP) is 3.90. The number of rotatable bonds is 8. The highest BCUT2D eigenvalue weighted by molar-refractivity contribution is 9.10. The number of hydrazine groups is 1. The van der Waals surface area contributed by atoms with Gasteiger partial charge in [-0.05, 0) is 77.7 Å². The van der Waals surface area contributed by atoms with E-state index in [2.05, 4.69) is 45.9 Å². The molecule has 0 spiro atoms. The molecule has 7 nitrogen and oxygen atoms in total. The summed E-state index contributed by atoms with van der Waals surface area (Å²) in [5.74, 6) is 0.935. The third-order valence-electron chi connectivity index (χ3n) is 4.08. The van der Waals surface area contributed by atoms with Crippen LogP contribution < -0.4 is 25.6 Å². The van der Waals surface area contributed by atoms with Gasteiger partial charge in [-0.2, -0.15) is 0 Å². The zero-order valence-corrected chi connectivity index (χ0v) is 20.1. The fraction of sp³-hybridized carbons (Fsp3) is 0.318. The van der Waals surface area contributed by atoms with Gasteiger partial charge in [-0.3, -0.25) is 25.8 Å². The molecule has 0 heterocycles. The Kier molecular flexibility index (Phi) is 9.74. The molecule has 2 amide bonds. The van der Waals surface area contributed by atoms with Crippen molar-refractivity contribution in [2.45, 2.75) is 27.2 Å². The van der Waals surface area contributed by atoms with Crippen molar-refractivity contribution in [3.05, 3.63) is 58.1 Å². The van der Waals surface area contributed by atoms with Crippen molar-refractivity contribution < 1.29 is 19.1 Å². The molecule has 0 saturated carbocycles. The molecule has 2 rings (SSSR count). The maximum Gasteiger partial charge on any atom is 0.276 e. The molecule has 0 radical (unpaired) electrons. The summed E-state index contributed by atoms with van der Waals surface area (Å²) in [4.78, 5) is 24.2. The van der Waals surface area contributed by atoms with Crippen LogP contribution in [-0.2, 0) is 4.79 Å². The van der Waals surface area contributed by atoms with Crippen molar-refractivity contribution in [1.29, 1.82) is 0 Å². The van der Waals surface area contributed by atoms with E-state index >= 15 is 0 Å². The zero-order valence-electron chi connectivity index (χ0n) is 17.7. The number of hydrogen-bond acceptors (Lipinski definition) is 5. The van der Waals surface area contributed by atoms with Crippen LogP contribution in [0.2, 0.25) is 0 Å². The van der Waals surface area contributed by atoms with Gasteiger partial charge in [0.15, 0.2) is 11.7 Å². The summed E-state index contributed by atoms with van der Waals surface area (Å²) in [7, 11) is 0. The Morgan fingerprint density at radius 2 is 1.77 bits per heavy atom. The molecule has 0 atom stereocenters. The van der Waals surface area contributed by atoms with Crippen LogP contribution in [0.25, 0.3) is 0 Å². The third kappa shape index (κ3) is 8.94. The fourth-order valence-electron chi connectivity index (χ4n) is 2.32. The molecular formula is C22H26BrN3O4S. The van der Waals surface area contributed by atoms with Gasteiger partial charge in [-0.15, -0.1) is 0 Å². The van der Waals surface area contributed by atoms with Crippen LogP contribution in [0.4, 0.5) is 0 Å². The maximum atomic E-state index is 12.4. The summed E-state index contributed by atoms with van der Waals surface area (Å²) < 4.78 is 11.8. The molecule has 31 heavy (non-hydrogen) atoms. The van der Waals surface area contributed by atoms with Gasteiger partial charge in [0.2, 0.25) is 0 Å². The second kappa shape index (κ2) is 12.3. The van der Waals surface area contributed by atoms with Crippen molar-refractivity contribution >= 4 is 45.1 Å². The summed E-state index contributed by atoms with van der Waals surface area (Å²) in [6.07, 6.45) is 0.941. The lowest BCUT2D eigenvalue weighted by atomic mass is 10.1. The number of thiocarbonyl (C=S) groups is 1. The summed E-state index contributed by atoms with van der Waals surface area (Å²) in [5, 5.41) is 2.46. The number of benzene rings is 2. The van der Waals surface area contributed by atoms with Crippen molar-refractivity contribution in [3.63, 3.8) is 0 Å². The van der Waals surface area contributed by atoms with E-state index in [0.29, 0.717) is 34.1 Å². The SMILES string of the molecule is Cc1ccc(OCC(=O)NNC(=S)NC(=O)c2ccc(OCCC(C)C)c(Br)c2)cc1. The number of aryl methyl sites for hydroxylation is 1. The average Bonchev–Trinajstić information content (AvgIpc) is 2.72.